The third-order valence-corrected chi connectivity index (χ3v) is 4.57. The topological polar surface area (TPSA) is 83.8 Å². The first kappa shape index (κ1) is 17.4. The van der Waals surface area contributed by atoms with Gasteiger partial charge in [-0.2, -0.15) is 5.10 Å². The van der Waals surface area contributed by atoms with Crippen molar-refractivity contribution < 1.29 is 9.21 Å². The van der Waals surface area contributed by atoms with Crippen molar-refractivity contribution in [2.45, 2.75) is 26.2 Å². The lowest BCUT2D eigenvalue weighted by molar-refractivity contribution is 0.0948. The van der Waals surface area contributed by atoms with Crippen LogP contribution in [0.4, 0.5) is 0 Å². The highest BCUT2D eigenvalue weighted by atomic mass is 79.9. The first-order valence-electron chi connectivity index (χ1n) is 8.08. The van der Waals surface area contributed by atoms with Crippen molar-refractivity contribution in [1.82, 2.24) is 20.5 Å². The predicted octanol–water partition coefficient (Wildman–Crippen LogP) is 3.92. The summed E-state index contributed by atoms with van der Waals surface area (Å²) < 4.78 is 6.21. The maximum Gasteiger partial charge on any atom is 0.272 e. The van der Waals surface area contributed by atoms with Crippen molar-refractivity contribution in [3.63, 3.8) is 0 Å². The van der Waals surface area contributed by atoms with Crippen LogP contribution in [0, 0.1) is 0 Å². The number of rotatable bonds is 6. The average molecular weight is 403 g/mol. The number of carbonyl (C=O) groups excluding carboxylic acids is 1. The Bertz CT molecular complexity index is 855. The molecule has 0 saturated carbocycles. The van der Waals surface area contributed by atoms with Gasteiger partial charge in [0.25, 0.3) is 5.91 Å². The van der Waals surface area contributed by atoms with Gasteiger partial charge in [-0.1, -0.05) is 32.0 Å². The number of hydrogen-bond acceptors (Lipinski definition) is 4. The summed E-state index contributed by atoms with van der Waals surface area (Å²) in [5.74, 6) is 0.621. The van der Waals surface area contributed by atoms with Crippen LogP contribution in [0.1, 0.15) is 41.6 Å². The van der Waals surface area contributed by atoms with Crippen LogP contribution in [-0.2, 0) is 6.42 Å². The smallest absolute Gasteiger partial charge is 0.272 e. The molecule has 130 valence electrons. The molecule has 0 radical (unpaired) electrons. The first-order valence-corrected chi connectivity index (χ1v) is 8.87. The Kier molecular flexibility index (Phi) is 5.33. The third kappa shape index (κ3) is 3.99. The van der Waals surface area contributed by atoms with Crippen LogP contribution in [0.25, 0.3) is 11.5 Å². The van der Waals surface area contributed by atoms with E-state index in [4.69, 9.17) is 4.42 Å². The second-order valence-corrected chi connectivity index (χ2v) is 6.76. The van der Waals surface area contributed by atoms with Crippen LogP contribution in [0.15, 0.2) is 45.5 Å². The fourth-order valence-electron chi connectivity index (χ4n) is 2.40. The molecule has 6 nitrogen and oxygen atoms in total. The highest BCUT2D eigenvalue weighted by Crippen LogP contribution is 2.25. The van der Waals surface area contributed by atoms with E-state index >= 15 is 0 Å². The van der Waals surface area contributed by atoms with Gasteiger partial charge in [-0.05, 0) is 34.0 Å². The summed E-state index contributed by atoms with van der Waals surface area (Å²) in [5.41, 5.74) is 3.01. The molecule has 7 heteroatoms. The lowest BCUT2D eigenvalue weighted by Crippen LogP contribution is -2.26. The molecule has 0 bridgehead atoms. The molecule has 1 aromatic carbocycles. The predicted molar refractivity (Wildman–Crippen MR) is 98.4 cm³/mol. The van der Waals surface area contributed by atoms with E-state index in [0.717, 1.165) is 17.0 Å². The second kappa shape index (κ2) is 7.65. The molecule has 2 N–H and O–H groups in total. The molecule has 0 saturated heterocycles. The summed E-state index contributed by atoms with van der Waals surface area (Å²) in [6, 6.07) is 9.71. The summed E-state index contributed by atoms with van der Waals surface area (Å²) in [7, 11) is 0. The molecular weight excluding hydrogens is 384 g/mol. The summed E-state index contributed by atoms with van der Waals surface area (Å²) in [6.07, 6.45) is 2.21. The normalized spacial score (nSPS) is 11.0. The number of amides is 1. The van der Waals surface area contributed by atoms with E-state index in [1.807, 2.05) is 44.2 Å². The molecule has 0 unspecified atom stereocenters. The van der Waals surface area contributed by atoms with Gasteiger partial charge in [-0.3, -0.25) is 9.89 Å². The highest BCUT2D eigenvalue weighted by Gasteiger charge is 2.19. The van der Waals surface area contributed by atoms with E-state index in [1.165, 1.54) is 0 Å². The summed E-state index contributed by atoms with van der Waals surface area (Å²) in [6.45, 7) is 4.53. The number of carbonyl (C=O) groups is 1. The number of halogens is 1. The minimum absolute atomic E-state index is 0.221. The molecular formula is C18H19BrN4O2. The zero-order valence-electron chi connectivity index (χ0n) is 14.0. The second-order valence-electron chi connectivity index (χ2n) is 5.97. The van der Waals surface area contributed by atoms with E-state index < -0.39 is 0 Å². The maximum atomic E-state index is 12.3. The summed E-state index contributed by atoms with van der Waals surface area (Å²) in [5, 5.41) is 9.84. The van der Waals surface area contributed by atoms with Crippen LogP contribution in [0.5, 0.6) is 0 Å². The van der Waals surface area contributed by atoms with Gasteiger partial charge >= 0.3 is 0 Å². The van der Waals surface area contributed by atoms with Crippen LogP contribution >= 0.6 is 15.9 Å². The molecule has 3 rings (SSSR count). The van der Waals surface area contributed by atoms with Crippen molar-refractivity contribution in [3.05, 3.63) is 58.1 Å². The van der Waals surface area contributed by atoms with Crippen LogP contribution < -0.4 is 5.32 Å². The molecule has 1 amide bonds. The number of hydrogen-bond donors (Lipinski definition) is 2. The molecule has 0 aliphatic rings. The Balaban J connectivity index is 1.57. The molecule has 2 heterocycles. The van der Waals surface area contributed by atoms with Gasteiger partial charge in [0.05, 0.1) is 15.9 Å². The van der Waals surface area contributed by atoms with Gasteiger partial charge in [-0.25, -0.2) is 4.98 Å². The van der Waals surface area contributed by atoms with E-state index in [9.17, 15) is 4.79 Å². The minimum Gasteiger partial charge on any atom is -0.444 e. The first-order chi connectivity index (χ1) is 12.1. The van der Waals surface area contributed by atoms with Crippen molar-refractivity contribution in [1.29, 1.82) is 0 Å². The Labute approximate surface area is 154 Å². The van der Waals surface area contributed by atoms with Crippen molar-refractivity contribution in [2.24, 2.45) is 0 Å². The SMILES string of the molecule is CC(C)c1[nH]nc(C(=O)NCCc2coc(-c3ccccc3)n2)c1Br. The lowest BCUT2D eigenvalue weighted by atomic mass is 10.1. The van der Waals surface area contributed by atoms with Crippen LogP contribution in [0.2, 0.25) is 0 Å². The van der Waals surface area contributed by atoms with Gasteiger partial charge in [0.15, 0.2) is 5.69 Å². The number of H-pyrrole nitrogens is 1. The zero-order chi connectivity index (χ0) is 17.8. The lowest BCUT2D eigenvalue weighted by Gasteiger charge is -2.03. The Morgan fingerprint density at radius 1 is 1.32 bits per heavy atom. The number of benzene rings is 1. The fourth-order valence-corrected chi connectivity index (χ4v) is 3.21. The van der Waals surface area contributed by atoms with Crippen LogP contribution in [-0.4, -0.2) is 27.6 Å². The van der Waals surface area contributed by atoms with Crippen LogP contribution in [0.3, 0.4) is 0 Å². The van der Waals surface area contributed by atoms with Gasteiger partial charge in [0, 0.05) is 18.5 Å². The Hall–Kier alpha value is -2.41. The van der Waals surface area contributed by atoms with Gasteiger partial charge in [0.1, 0.15) is 6.26 Å². The largest absolute Gasteiger partial charge is 0.444 e. The number of aromatic amines is 1. The van der Waals surface area contributed by atoms with Gasteiger partial charge < -0.3 is 9.73 Å². The van der Waals surface area contributed by atoms with E-state index in [1.54, 1.807) is 6.26 Å². The zero-order valence-corrected chi connectivity index (χ0v) is 15.6. The fraction of sp³-hybridized carbons (Fsp3) is 0.278. The molecule has 3 aromatic rings. The number of nitrogens with zero attached hydrogens (tertiary/aromatic N) is 2. The highest BCUT2D eigenvalue weighted by molar-refractivity contribution is 9.10. The van der Waals surface area contributed by atoms with Gasteiger partial charge in [-0.15, -0.1) is 0 Å². The molecule has 25 heavy (non-hydrogen) atoms. The van der Waals surface area contributed by atoms with E-state index in [2.05, 4.69) is 36.4 Å². The molecule has 2 aromatic heterocycles. The average Bonchev–Trinajstić information content (AvgIpc) is 3.22. The molecule has 0 spiro atoms. The van der Waals surface area contributed by atoms with Gasteiger partial charge in [0.2, 0.25) is 5.89 Å². The molecule has 0 aliphatic heterocycles. The van der Waals surface area contributed by atoms with Crippen molar-refractivity contribution >= 4 is 21.8 Å². The van der Waals surface area contributed by atoms with Crippen molar-refractivity contribution in [2.75, 3.05) is 6.54 Å². The minimum atomic E-state index is -0.221. The number of nitrogens with one attached hydrogen (secondary N) is 2. The standard InChI is InChI=1S/C18H19BrN4O2/c1-11(2)15-14(19)16(23-22-15)17(24)20-9-8-13-10-25-18(21-13)12-6-4-3-5-7-12/h3-7,10-11H,8-9H2,1-2H3,(H,20,24)(H,22,23). The van der Waals surface area contributed by atoms with E-state index in [-0.39, 0.29) is 11.8 Å². The van der Waals surface area contributed by atoms with E-state index in [0.29, 0.717) is 29.0 Å². The monoisotopic (exact) mass is 402 g/mol. The molecule has 0 aliphatic carbocycles. The Morgan fingerprint density at radius 3 is 2.76 bits per heavy atom. The summed E-state index contributed by atoms with van der Waals surface area (Å²) >= 11 is 3.44. The quantitative estimate of drug-likeness (QED) is 0.654. The number of aromatic nitrogens is 3. The third-order valence-electron chi connectivity index (χ3n) is 3.76. The Morgan fingerprint density at radius 2 is 2.08 bits per heavy atom. The van der Waals surface area contributed by atoms with Crippen molar-refractivity contribution in [3.8, 4) is 11.5 Å². The number of oxazole rings is 1. The summed E-state index contributed by atoms with van der Waals surface area (Å²) in [4.78, 5) is 16.7. The molecule has 0 fully saturated rings. The maximum absolute atomic E-state index is 12.3. The molecule has 0 atom stereocenters.